The van der Waals surface area contributed by atoms with Gasteiger partial charge in [-0.05, 0) is 26.7 Å². The summed E-state index contributed by atoms with van der Waals surface area (Å²) < 4.78 is 0. The van der Waals surface area contributed by atoms with Gasteiger partial charge in [0.1, 0.15) is 0 Å². The number of rotatable bonds is 4. The molecule has 2 N–H and O–H groups in total. The van der Waals surface area contributed by atoms with Crippen LogP contribution in [0.4, 0.5) is 0 Å². The van der Waals surface area contributed by atoms with Crippen molar-refractivity contribution in [2.24, 2.45) is 0 Å². The second kappa shape index (κ2) is 5.28. The molecule has 0 radical (unpaired) electrons. The summed E-state index contributed by atoms with van der Waals surface area (Å²) in [5, 5.41) is 13.8. The van der Waals surface area contributed by atoms with Crippen molar-refractivity contribution in [1.29, 1.82) is 0 Å². The van der Waals surface area contributed by atoms with Gasteiger partial charge in [-0.3, -0.25) is 4.90 Å². The van der Waals surface area contributed by atoms with E-state index in [2.05, 4.69) is 37.9 Å². The fraction of sp³-hybridized carbons (Fsp3) is 1.00. The fourth-order valence-electron chi connectivity index (χ4n) is 2.46. The lowest BCUT2D eigenvalue weighted by Crippen LogP contribution is -2.57. The van der Waals surface area contributed by atoms with Gasteiger partial charge in [-0.2, -0.15) is 0 Å². The molecule has 0 spiro atoms. The fourth-order valence-corrected chi connectivity index (χ4v) is 2.46. The number of β-amino-alcohol motifs (C(OH)–C–C–N with tert-alkyl or cyclic N) is 1. The lowest BCUT2D eigenvalue weighted by Gasteiger charge is -2.40. The van der Waals surface area contributed by atoms with E-state index in [-0.39, 0.29) is 0 Å². The first-order valence-electron chi connectivity index (χ1n) is 6.20. The van der Waals surface area contributed by atoms with Crippen LogP contribution in [0.15, 0.2) is 0 Å². The van der Waals surface area contributed by atoms with Gasteiger partial charge in [0.15, 0.2) is 0 Å². The van der Waals surface area contributed by atoms with Crippen molar-refractivity contribution >= 4 is 0 Å². The van der Waals surface area contributed by atoms with Crippen LogP contribution in [0.1, 0.15) is 40.5 Å². The SMILES string of the molecule is CCC(O)(CC)CN1CC(C)NC(C)C1. The highest BCUT2D eigenvalue weighted by molar-refractivity contribution is 4.86. The van der Waals surface area contributed by atoms with Crippen molar-refractivity contribution in [1.82, 2.24) is 10.2 Å². The van der Waals surface area contributed by atoms with Gasteiger partial charge in [0.2, 0.25) is 0 Å². The first kappa shape index (κ1) is 12.9. The van der Waals surface area contributed by atoms with Crippen molar-refractivity contribution < 1.29 is 5.11 Å². The molecule has 1 rings (SSSR count). The molecule has 2 atom stereocenters. The van der Waals surface area contributed by atoms with Gasteiger partial charge >= 0.3 is 0 Å². The highest BCUT2D eigenvalue weighted by atomic mass is 16.3. The zero-order valence-corrected chi connectivity index (χ0v) is 10.6. The molecule has 0 bridgehead atoms. The molecule has 0 aromatic carbocycles. The number of nitrogens with zero attached hydrogens (tertiary/aromatic N) is 1. The molecule has 3 nitrogen and oxygen atoms in total. The predicted molar refractivity (Wildman–Crippen MR) is 64.0 cm³/mol. The van der Waals surface area contributed by atoms with Crippen LogP contribution in [0.5, 0.6) is 0 Å². The summed E-state index contributed by atoms with van der Waals surface area (Å²) in [4.78, 5) is 2.39. The number of piperazine rings is 1. The molecule has 90 valence electrons. The predicted octanol–water partition coefficient (Wildman–Crippen LogP) is 1.22. The Morgan fingerprint density at radius 1 is 1.20 bits per heavy atom. The molecule has 0 aromatic rings. The summed E-state index contributed by atoms with van der Waals surface area (Å²) >= 11 is 0. The van der Waals surface area contributed by atoms with Crippen LogP contribution in [0.2, 0.25) is 0 Å². The summed E-state index contributed by atoms with van der Waals surface area (Å²) in [6, 6.07) is 1.07. The standard InChI is InChI=1S/C12H26N2O/c1-5-12(15,6-2)9-14-7-10(3)13-11(4)8-14/h10-11,13,15H,5-9H2,1-4H3. The Morgan fingerprint density at radius 3 is 2.07 bits per heavy atom. The minimum atomic E-state index is -0.489. The quantitative estimate of drug-likeness (QED) is 0.738. The Hall–Kier alpha value is -0.120. The smallest absolute Gasteiger partial charge is 0.0768 e. The minimum Gasteiger partial charge on any atom is -0.389 e. The second-order valence-corrected chi connectivity index (χ2v) is 5.09. The summed E-state index contributed by atoms with van der Waals surface area (Å²) in [6.07, 6.45) is 1.69. The summed E-state index contributed by atoms with van der Waals surface area (Å²) in [5.41, 5.74) is -0.489. The van der Waals surface area contributed by atoms with E-state index in [1.54, 1.807) is 0 Å². The molecule has 2 unspecified atom stereocenters. The van der Waals surface area contributed by atoms with Gasteiger partial charge in [0.05, 0.1) is 5.60 Å². The Bertz CT molecular complexity index is 182. The van der Waals surface area contributed by atoms with Crippen LogP contribution in [0.25, 0.3) is 0 Å². The molecule has 1 fully saturated rings. The molecular weight excluding hydrogens is 188 g/mol. The third kappa shape index (κ3) is 3.74. The Labute approximate surface area is 93.9 Å². The van der Waals surface area contributed by atoms with Crippen LogP contribution in [0, 0.1) is 0 Å². The van der Waals surface area contributed by atoms with Crippen molar-refractivity contribution in [3.05, 3.63) is 0 Å². The van der Waals surface area contributed by atoms with Crippen LogP contribution < -0.4 is 5.32 Å². The molecule has 1 saturated heterocycles. The zero-order chi connectivity index (χ0) is 11.5. The maximum atomic E-state index is 10.3. The van der Waals surface area contributed by atoms with Crippen LogP contribution in [-0.2, 0) is 0 Å². The molecule has 1 aliphatic rings. The summed E-state index contributed by atoms with van der Waals surface area (Å²) in [5.74, 6) is 0. The maximum Gasteiger partial charge on any atom is 0.0768 e. The minimum absolute atomic E-state index is 0.489. The summed E-state index contributed by atoms with van der Waals surface area (Å²) in [7, 11) is 0. The maximum absolute atomic E-state index is 10.3. The Morgan fingerprint density at radius 2 is 1.67 bits per heavy atom. The molecule has 0 saturated carbocycles. The number of hydrogen-bond donors (Lipinski definition) is 2. The molecule has 0 aromatic heterocycles. The molecule has 1 aliphatic heterocycles. The second-order valence-electron chi connectivity index (χ2n) is 5.09. The van der Waals surface area contributed by atoms with Crippen molar-refractivity contribution in [2.75, 3.05) is 19.6 Å². The molecule has 1 heterocycles. The molecule has 3 heteroatoms. The lowest BCUT2D eigenvalue weighted by molar-refractivity contribution is -0.0132. The number of hydrogen-bond acceptors (Lipinski definition) is 3. The first-order chi connectivity index (χ1) is 6.99. The molecule has 15 heavy (non-hydrogen) atoms. The normalized spacial score (nSPS) is 29.4. The van der Waals surface area contributed by atoms with E-state index in [1.165, 1.54) is 0 Å². The number of nitrogens with one attached hydrogen (secondary N) is 1. The van der Waals surface area contributed by atoms with Gasteiger partial charge in [-0.25, -0.2) is 0 Å². The average Bonchev–Trinajstić information content (AvgIpc) is 2.16. The average molecular weight is 214 g/mol. The van der Waals surface area contributed by atoms with Gasteiger partial charge in [-0.1, -0.05) is 13.8 Å². The molecular formula is C12H26N2O. The summed E-state index contributed by atoms with van der Waals surface area (Å²) in [6.45, 7) is 11.5. The Kier molecular flexibility index (Phi) is 4.56. The van der Waals surface area contributed by atoms with E-state index in [9.17, 15) is 5.11 Å². The monoisotopic (exact) mass is 214 g/mol. The highest BCUT2D eigenvalue weighted by Gasteiger charge is 2.29. The van der Waals surface area contributed by atoms with Crippen molar-refractivity contribution in [3.63, 3.8) is 0 Å². The molecule has 0 amide bonds. The van der Waals surface area contributed by atoms with Crippen molar-refractivity contribution in [3.8, 4) is 0 Å². The first-order valence-corrected chi connectivity index (χ1v) is 6.20. The van der Waals surface area contributed by atoms with E-state index >= 15 is 0 Å². The van der Waals surface area contributed by atoms with E-state index in [0.29, 0.717) is 12.1 Å². The van der Waals surface area contributed by atoms with E-state index in [0.717, 1.165) is 32.5 Å². The van der Waals surface area contributed by atoms with E-state index in [1.807, 2.05) is 0 Å². The van der Waals surface area contributed by atoms with E-state index < -0.39 is 5.60 Å². The number of aliphatic hydroxyl groups is 1. The van der Waals surface area contributed by atoms with Gasteiger partial charge < -0.3 is 10.4 Å². The van der Waals surface area contributed by atoms with Gasteiger partial charge in [0.25, 0.3) is 0 Å². The topological polar surface area (TPSA) is 35.5 Å². The third-order valence-electron chi connectivity index (χ3n) is 3.47. The largest absolute Gasteiger partial charge is 0.389 e. The van der Waals surface area contributed by atoms with Crippen LogP contribution in [-0.4, -0.2) is 47.3 Å². The Balaban J connectivity index is 2.49. The van der Waals surface area contributed by atoms with Gasteiger partial charge in [-0.15, -0.1) is 0 Å². The lowest BCUT2D eigenvalue weighted by atomic mass is 9.96. The highest BCUT2D eigenvalue weighted by Crippen LogP contribution is 2.18. The van der Waals surface area contributed by atoms with Crippen LogP contribution >= 0.6 is 0 Å². The van der Waals surface area contributed by atoms with Crippen molar-refractivity contribution in [2.45, 2.75) is 58.2 Å². The van der Waals surface area contributed by atoms with E-state index in [4.69, 9.17) is 0 Å². The molecule has 0 aliphatic carbocycles. The zero-order valence-electron chi connectivity index (χ0n) is 10.6. The van der Waals surface area contributed by atoms with Crippen LogP contribution in [0.3, 0.4) is 0 Å². The van der Waals surface area contributed by atoms with Gasteiger partial charge in [0, 0.05) is 31.7 Å². The third-order valence-corrected chi connectivity index (χ3v) is 3.47.